The maximum Gasteiger partial charge on any atom is 0.338 e. The van der Waals surface area contributed by atoms with Crippen LogP contribution < -0.4 is 29.1 Å². The van der Waals surface area contributed by atoms with Crippen molar-refractivity contribution in [2.45, 2.75) is 26.8 Å². The molecule has 1 atom stereocenters. The summed E-state index contributed by atoms with van der Waals surface area (Å²) in [4.78, 5) is 32.0. The van der Waals surface area contributed by atoms with Gasteiger partial charge in [0, 0.05) is 0 Å². The molecule has 2 aromatic carbocycles. The Labute approximate surface area is 238 Å². The SMILES string of the molecule is C#CCOc1ccc(/C=c2/sc3n(c2=O)[C@@H](c2ccc(OC)c(Br)c2)C(C(=O)OCC)=C(C)N=3)cc1OCC. The molecule has 0 saturated heterocycles. The third-order valence-electron chi connectivity index (χ3n) is 5.88. The Morgan fingerprint density at radius 3 is 2.59 bits per heavy atom. The number of halogens is 1. The lowest BCUT2D eigenvalue weighted by Crippen LogP contribution is -2.39. The Hall–Kier alpha value is -3.81. The van der Waals surface area contributed by atoms with Gasteiger partial charge in [-0.15, -0.1) is 6.42 Å². The van der Waals surface area contributed by atoms with Crippen LogP contribution in [0.4, 0.5) is 0 Å². The van der Waals surface area contributed by atoms with Crippen LogP contribution in [-0.4, -0.2) is 37.5 Å². The van der Waals surface area contributed by atoms with Gasteiger partial charge >= 0.3 is 5.97 Å². The fraction of sp³-hybridized carbons (Fsp3) is 0.276. The predicted octanol–water partition coefficient (Wildman–Crippen LogP) is 3.98. The van der Waals surface area contributed by atoms with Crippen LogP contribution in [-0.2, 0) is 9.53 Å². The average molecular weight is 612 g/mol. The summed E-state index contributed by atoms with van der Waals surface area (Å²) in [5, 5.41) is 0. The van der Waals surface area contributed by atoms with E-state index in [1.165, 1.54) is 15.9 Å². The number of methoxy groups -OCH3 is 1. The van der Waals surface area contributed by atoms with E-state index in [2.05, 4.69) is 26.8 Å². The molecule has 0 radical (unpaired) electrons. The van der Waals surface area contributed by atoms with E-state index in [0.717, 1.165) is 5.56 Å². The number of terminal acetylenes is 1. The highest BCUT2D eigenvalue weighted by Crippen LogP contribution is 2.35. The number of ether oxygens (including phenoxy) is 4. The van der Waals surface area contributed by atoms with Crippen LogP contribution in [0.2, 0.25) is 0 Å². The summed E-state index contributed by atoms with van der Waals surface area (Å²) in [5.74, 6) is 3.59. The number of benzene rings is 2. The fourth-order valence-corrected chi connectivity index (χ4v) is 5.84. The lowest BCUT2D eigenvalue weighted by Gasteiger charge is -2.25. The first-order valence-electron chi connectivity index (χ1n) is 12.2. The number of carbonyl (C=O) groups is 1. The molecule has 1 aliphatic heterocycles. The third kappa shape index (κ3) is 5.79. The van der Waals surface area contributed by atoms with E-state index in [1.54, 1.807) is 45.2 Å². The van der Waals surface area contributed by atoms with Crippen molar-refractivity contribution in [3.05, 3.63) is 83.0 Å². The molecule has 202 valence electrons. The topological polar surface area (TPSA) is 88.4 Å². The normalized spacial score (nSPS) is 14.8. The molecular weight excluding hydrogens is 584 g/mol. The predicted molar refractivity (Wildman–Crippen MR) is 153 cm³/mol. The number of fused-ring (bicyclic) bond motifs is 1. The molecule has 0 fully saturated rings. The number of thiazole rings is 1. The summed E-state index contributed by atoms with van der Waals surface area (Å²) in [5.41, 5.74) is 1.96. The van der Waals surface area contributed by atoms with E-state index in [-0.39, 0.29) is 18.8 Å². The quantitative estimate of drug-likeness (QED) is 0.269. The second-order valence-corrected chi connectivity index (χ2v) is 10.2. The minimum Gasteiger partial charge on any atom is -0.496 e. The molecule has 3 aromatic rings. The molecule has 2 heterocycles. The van der Waals surface area contributed by atoms with E-state index in [1.807, 2.05) is 25.1 Å². The minimum absolute atomic E-state index is 0.113. The van der Waals surface area contributed by atoms with Gasteiger partial charge in [-0.25, -0.2) is 9.79 Å². The van der Waals surface area contributed by atoms with Gasteiger partial charge in [0.15, 0.2) is 16.3 Å². The number of nitrogens with zero attached hydrogens (tertiary/aromatic N) is 2. The fourth-order valence-electron chi connectivity index (χ4n) is 4.23. The zero-order chi connectivity index (χ0) is 28.1. The van der Waals surface area contributed by atoms with Crippen molar-refractivity contribution >= 4 is 39.3 Å². The molecule has 39 heavy (non-hydrogen) atoms. The van der Waals surface area contributed by atoms with E-state index >= 15 is 0 Å². The van der Waals surface area contributed by atoms with Crippen LogP contribution in [0, 0.1) is 12.3 Å². The van der Waals surface area contributed by atoms with Gasteiger partial charge in [0.05, 0.1) is 46.6 Å². The molecule has 0 N–H and O–H groups in total. The number of hydrogen-bond donors (Lipinski definition) is 0. The van der Waals surface area contributed by atoms with Crippen LogP contribution >= 0.6 is 27.3 Å². The summed E-state index contributed by atoms with van der Waals surface area (Å²) in [7, 11) is 1.57. The molecule has 1 aromatic heterocycles. The van der Waals surface area contributed by atoms with E-state index in [4.69, 9.17) is 25.4 Å². The Morgan fingerprint density at radius 1 is 1.15 bits per heavy atom. The first kappa shape index (κ1) is 28.2. The van der Waals surface area contributed by atoms with Gasteiger partial charge in [-0.3, -0.25) is 9.36 Å². The number of aromatic nitrogens is 1. The molecule has 10 heteroatoms. The van der Waals surface area contributed by atoms with Gasteiger partial charge < -0.3 is 18.9 Å². The summed E-state index contributed by atoms with van der Waals surface area (Å²) in [6, 6.07) is 10.1. The number of allylic oxidation sites excluding steroid dienone is 1. The highest BCUT2D eigenvalue weighted by atomic mass is 79.9. The molecule has 0 amide bonds. The molecule has 0 bridgehead atoms. The standard InChI is InChI=1S/C29H27BrN2O6S/c1-6-13-38-22-11-9-18(14-23(22)36-7-2)15-24-27(33)32-26(19-10-12-21(35-5)20(30)16-19)25(28(34)37-8-3)17(4)31-29(32)39-24/h1,9-12,14-16,26H,7-8,13H2,2-5H3/b24-15+/t26-/m0/s1. The van der Waals surface area contributed by atoms with Crippen molar-refractivity contribution < 1.29 is 23.7 Å². The molecule has 8 nitrogen and oxygen atoms in total. The Bertz CT molecular complexity index is 1660. The Kier molecular flexibility index (Phi) is 8.94. The van der Waals surface area contributed by atoms with Crippen LogP contribution in [0.5, 0.6) is 17.2 Å². The van der Waals surface area contributed by atoms with E-state index < -0.39 is 12.0 Å². The van der Waals surface area contributed by atoms with Gasteiger partial charge in [-0.1, -0.05) is 29.4 Å². The summed E-state index contributed by atoms with van der Waals surface area (Å²) >= 11 is 4.76. The molecule has 1 aliphatic rings. The third-order valence-corrected chi connectivity index (χ3v) is 7.49. The molecule has 4 rings (SSSR count). The number of rotatable bonds is 9. The maximum absolute atomic E-state index is 13.9. The number of esters is 1. The van der Waals surface area contributed by atoms with Crippen molar-refractivity contribution in [1.82, 2.24) is 4.57 Å². The van der Waals surface area contributed by atoms with E-state index in [0.29, 0.717) is 54.5 Å². The summed E-state index contributed by atoms with van der Waals surface area (Å²) < 4.78 is 24.7. The first-order chi connectivity index (χ1) is 18.8. The lowest BCUT2D eigenvalue weighted by atomic mass is 9.96. The van der Waals surface area contributed by atoms with Gasteiger partial charge in [0.2, 0.25) is 0 Å². The zero-order valence-electron chi connectivity index (χ0n) is 21.9. The van der Waals surface area contributed by atoms with Gasteiger partial charge in [0.1, 0.15) is 12.4 Å². The Morgan fingerprint density at radius 2 is 1.92 bits per heavy atom. The molecule has 0 spiro atoms. The second-order valence-electron chi connectivity index (χ2n) is 8.33. The minimum atomic E-state index is -0.733. The van der Waals surface area contributed by atoms with Gasteiger partial charge in [-0.05, 0) is 78.2 Å². The number of carbonyl (C=O) groups excluding carboxylic acids is 1. The monoisotopic (exact) mass is 610 g/mol. The second kappa shape index (κ2) is 12.4. The van der Waals surface area contributed by atoms with E-state index in [9.17, 15) is 9.59 Å². The Balaban J connectivity index is 1.89. The van der Waals surface area contributed by atoms with Crippen molar-refractivity contribution in [2.75, 3.05) is 26.9 Å². The van der Waals surface area contributed by atoms with Crippen LogP contribution in [0.25, 0.3) is 6.08 Å². The van der Waals surface area contributed by atoms with Gasteiger partial charge in [-0.2, -0.15) is 0 Å². The highest BCUT2D eigenvalue weighted by molar-refractivity contribution is 9.10. The maximum atomic E-state index is 13.9. The average Bonchev–Trinajstić information content (AvgIpc) is 3.21. The zero-order valence-corrected chi connectivity index (χ0v) is 24.4. The van der Waals surface area contributed by atoms with Crippen LogP contribution in [0.1, 0.15) is 37.9 Å². The number of hydrogen-bond acceptors (Lipinski definition) is 8. The van der Waals surface area contributed by atoms with Crippen molar-refractivity contribution in [3.8, 4) is 29.6 Å². The van der Waals surface area contributed by atoms with Crippen LogP contribution in [0.3, 0.4) is 0 Å². The van der Waals surface area contributed by atoms with Gasteiger partial charge in [0.25, 0.3) is 5.56 Å². The molecule has 0 unspecified atom stereocenters. The molecule has 0 saturated carbocycles. The van der Waals surface area contributed by atoms with Crippen molar-refractivity contribution in [1.29, 1.82) is 0 Å². The highest BCUT2D eigenvalue weighted by Gasteiger charge is 2.33. The lowest BCUT2D eigenvalue weighted by molar-refractivity contribution is -0.139. The van der Waals surface area contributed by atoms with Crippen molar-refractivity contribution in [3.63, 3.8) is 0 Å². The van der Waals surface area contributed by atoms with Crippen molar-refractivity contribution in [2.24, 2.45) is 4.99 Å². The van der Waals surface area contributed by atoms with Crippen LogP contribution in [0.15, 0.2) is 61.9 Å². The smallest absolute Gasteiger partial charge is 0.338 e. The summed E-state index contributed by atoms with van der Waals surface area (Å²) in [6.07, 6.45) is 7.09. The largest absolute Gasteiger partial charge is 0.496 e. The molecular formula is C29H27BrN2O6S. The first-order valence-corrected chi connectivity index (χ1v) is 13.8. The summed E-state index contributed by atoms with van der Waals surface area (Å²) in [6.45, 7) is 6.10. The molecule has 0 aliphatic carbocycles.